The van der Waals surface area contributed by atoms with E-state index < -0.39 is 0 Å². The summed E-state index contributed by atoms with van der Waals surface area (Å²) in [5.41, 5.74) is 3.01. The number of hydrogen-bond acceptors (Lipinski definition) is 2. The van der Waals surface area contributed by atoms with Crippen LogP contribution in [0.3, 0.4) is 0 Å². The lowest BCUT2D eigenvalue weighted by atomic mass is 9.99. The van der Waals surface area contributed by atoms with Gasteiger partial charge in [0, 0.05) is 10.9 Å². The fourth-order valence-corrected chi connectivity index (χ4v) is 2.29. The molecule has 0 radical (unpaired) electrons. The summed E-state index contributed by atoms with van der Waals surface area (Å²) < 4.78 is 5.44. The summed E-state index contributed by atoms with van der Waals surface area (Å²) in [4.78, 5) is 0. The van der Waals surface area contributed by atoms with Crippen molar-refractivity contribution in [2.45, 2.75) is 13.3 Å². The molecule has 0 fully saturated rings. The van der Waals surface area contributed by atoms with Gasteiger partial charge in [0.2, 0.25) is 0 Å². The van der Waals surface area contributed by atoms with Crippen LogP contribution in [0, 0.1) is 6.92 Å². The number of aromatic nitrogens is 1. The molecule has 3 aromatic rings. The van der Waals surface area contributed by atoms with Crippen LogP contribution < -0.4 is 0 Å². The SMILES string of the molecule is C=CCc1c2ccccc2cc2c(C)noc12. The van der Waals surface area contributed by atoms with Crippen molar-refractivity contribution in [2.24, 2.45) is 0 Å². The first-order chi connectivity index (χ1) is 8.31. The van der Waals surface area contributed by atoms with Crippen molar-refractivity contribution in [1.82, 2.24) is 5.16 Å². The second-order valence-electron chi connectivity index (χ2n) is 4.21. The van der Waals surface area contributed by atoms with Gasteiger partial charge in [0.25, 0.3) is 0 Å². The number of hydrogen-bond donors (Lipinski definition) is 0. The molecule has 0 aliphatic heterocycles. The van der Waals surface area contributed by atoms with Gasteiger partial charge in [-0.3, -0.25) is 0 Å². The van der Waals surface area contributed by atoms with Gasteiger partial charge in [-0.1, -0.05) is 35.5 Å². The van der Waals surface area contributed by atoms with Crippen LogP contribution in [0.15, 0.2) is 47.5 Å². The van der Waals surface area contributed by atoms with Gasteiger partial charge in [0.05, 0.1) is 5.69 Å². The molecular formula is C15H13NO. The molecule has 0 N–H and O–H groups in total. The van der Waals surface area contributed by atoms with Crippen LogP contribution in [0.2, 0.25) is 0 Å². The van der Waals surface area contributed by atoms with Crippen LogP contribution in [-0.2, 0) is 6.42 Å². The van der Waals surface area contributed by atoms with E-state index in [9.17, 15) is 0 Å². The molecule has 0 atom stereocenters. The summed E-state index contributed by atoms with van der Waals surface area (Å²) in [6, 6.07) is 10.5. The van der Waals surface area contributed by atoms with E-state index in [-0.39, 0.29) is 0 Å². The van der Waals surface area contributed by atoms with Crippen LogP contribution in [0.25, 0.3) is 21.7 Å². The molecule has 2 nitrogen and oxygen atoms in total. The Bertz CT molecular complexity index is 709. The third kappa shape index (κ3) is 1.45. The Hall–Kier alpha value is -2.09. The van der Waals surface area contributed by atoms with Crippen molar-refractivity contribution >= 4 is 21.7 Å². The van der Waals surface area contributed by atoms with E-state index in [1.807, 2.05) is 19.1 Å². The van der Waals surface area contributed by atoms with Crippen LogP contribution in [0.1, 0.15) is 11.3 Å². The summed E-state index contributed by atoms with van der Waals surface area (Å²) in [5.74, 6) is 0. The van der Waals surface area contributed by atoms with E-state index in [4.69, 9.17) is 4.52 Å². The van der Waals surface area contributed by atoms with Gasteiger partial charge in [0.1, 0.15) is 0 Å². The molecule has 0 unspecified atom stereocenters. The molecule has 84 valence electrons. The molecule has 2 aromatic carbocycles. The molecule has 0 spiro atoms. The molecule has 1 aromatic heterocycles. The predicted octanol–water partition coefficient (Wildman–Crippen LogP) is 4.02. The Morgan fingerprint density at radius 1 is 1.29 bits per heavy atom. The Kier molecular flexibility index (Phi) is 2.22. The molecule has 0 saturated heterocycles. The first kappa shape index (κ1) is 10.1. The van der Waals surface area contributed by atoms with Gasteiger partial charge < -0.3 is 4.52 Å². The normalized spacial score (nSPS) is 11.1. The number of fused-ring (bicyclic) bond motifs is 2. The molecular weight excluding hydrogens is 210 g/mol. The Balaban J connectivity index is 2.52. The minimum Gasteiger partial charge on any atom is -0.356 e. The highest BCUT2D eigenvalue weighted by Crippen LogP contribution is 2.30. The zero-order valence-electron chi connectivity index (χ0n) is 9.73. The van der Waals surface area contributed by atoms with Crippen molar-refractivity contribution in [3.05, 3.63) is 54.2 Å². The van der Waals surface area contributed by atoms with E-state index in [0.717, 1.165) is 23.1 Å². The maximum Gasteiger partial charge on any atom is 0.171 e. The fraction of sp³-hybridized carbons (Fsp3) is 0.133. The summed E-state index contributed by atoms with van der Waals surface area (Å²) in [7, 11) is 0. The van der Waals surface area contributed by atoms with E-state index in [1.54, 1.807) is 0 Å². The highest BCUT2D eigenvalue weighted by Gasteiger charge is 2.12. The average molecular weight is 223 g/mol. The van der Waals surface area contributed by atoms with Gasteiger partial charge >= 0.3 is 0 Å². The third-order valence-electron chi connectivity index (χ3n) is 3.12. The third-order valence-corrected chi connectivity index (χ3v) is 3.12. The monoisotopic (exact) mass is 223 g/mol. The summed E-state index contributed by atoms with van der Waals surface area (Å²) in [6.45, 7) is 5.78. The number of benzene rings is 2. The van der Waals surface area contributed by atoms with Crippen molar-refractivity contribution in [1.29, 1.82) is 0 Å². The number of rotatable bonds is 2. The number of nitrogens with zero attached hydrogens (tertiary/aromatic N) is 1. The lowest BCUT2D eigenvalue weighted by molar-refractivity contribution is 0.449. The van der Waals surface area contributed by atoms with Crippen LogP contribution >= 0.6 is 0 Å². The molecule has 1 heterocycles. The fourth-order valence-electron chi connectivity index (χ4n) is 2.29. The minimum absolute atomic E-state index is 0.798. The van der Waals surface area contributed by atoms with Gasteiger partial charge in [-0.05, 0) is 30.2 Å². The molecule has 0 aliphatic carbocycles. The quantitative estimate of drug-likeness (QED) is 0.613. The second-order valence-corrected chi connectivity index (χ2v) is 4.21. The van der Waals surface area contributed by atoms with Gasteiger partial charge in [0.15, 0.2) is 5.58 Å². The molecule has 0 saturated carbocycles. The predicted molar refractivity (Wildman–Crippen MR) is 70.2 cm³/mol. The number of allylic oxidation sites excluding steroid dienone is 1. The minimum atomic E-state index is 0.798. The second kappa shape index (κ2) is 3.74. The topological polar surface area (TPSA) is 26.0 Å². The molecule has 0 amide bonds. The van der Waals surface area contributed by atoms with Crippen LogP contribution in [0.4, 0.5) is 0 Å². The van der Waals surface area contributed by atoms with Gasteiger partial charge in [-0.25, -0.2) is 0 Å². The van der Waals surface area contributed by atoms with Crippen molar-refractivity contribution < 1.29 is 4.52 Å². The van der Waals surface area contributed by atoms with E-state index in [2.05, 4.69) is 36.0 Å². The largest absolute Gasteiger partial charge is 0.356 e. The summed E-state index contributed by atoms with van der Waals surface area (Å²) >= 11 is 0. The molecule has 17 heavy (non-hydrogen) atoms. The van der Waals surface area contributed by atoms with Gasteiger partial charge in [-0.2, -0.15) is 0 Å². The Morgan fingerprint density at radius 2 is 2.12 bits per heavy atom. The average Bonchev–Trinajstić information content (AvgIpc) is 2.71. The highest BCUT2D eigenvalue weighted by molar-refractivity contribution is 6.00. The standard InChI is InChI=1S/C15H13NO/c1-3-6-13-12-8-5-4-7-11(12)9-14-10(2)16-17-15(13)14/h3-5,7-9H,1,6H2,2H3. The first-order valence-electron chi connectivity index (χ1n) is 5.69. The summed E-state index contributed by atoms with van der Waals surface area (Å²) in [6.07, 6.45) is 2.70. The molecule has 0 bridgehead atoms. The van der Waals surface area contributed by atoms with Crippen molar-refractivity contribution in [2.75, 3.05) is 0 Å². The maximum absolute atomic E-state index is 5.44. The number of aryl methyl sites for hydroxylation is 1. The summed E-state index contributed by atoms with van der Waals surface area (Å²) in [5, 5.41) is 7.59. The van der Waals surface area contributed by atoms with Crippen molar-refractivity contribution in [3.8, 4) is 0 Å². The van der Waals surface area contributed by atoms with Crippen LogP contribution in [-0.4, -0.2) is 5.16 Å². The first-order valence-corrected chi connectivity index (χ1v) is 5.69. The zero-order valence-corrected chi connectivity index (χ0v) is 9.73. The van der Waals surface area contributed by atoms with E-state index >= 15 is 0 Å². The van der Waals surface area contributed by atoms with E-state index in [1.165, 1.54) is 16.3 Å². The van der Waals surface area contributed by atoms with Gasteiger partial charge in [-0.15, -0.1) is 6.58 Å². The molecule has 2 heteroatoms. The molecule has 3 rings (SSSR count). The lowest BCUT2D eigenvalue weighted by Crippen LogP contribution is -1.86. The smallest absolute Gasteiger partial charge is 0.171 e. The Morgan fingerprint density at radius 3 is 2.94 bits per heavy atom. The van der Waals surface area contributed by atoms with Crippen molar-refractivity contribution in [3.63, 3.8) is 0 Å². The lowest BCUT2D eigenvalue weighted by Gasteiger charge is -2.04. The zero-order chi connectivity index (χ0) is 11.8. The highest BCUT2D eigenvalue weighted by atomic mass is 16.5. The van der Waals surface area contributed by atoms with Crippen LogP contribution in [0.5, 0.6) is 0 Å². The molecule has 0 aliphatic rings. The Labute approximate surface area is 99.5 Å². The maximum atomic E-state index is 5.44. The van der Waals surface area contributed by atoms with E-state index in [0.29, 0.717) is 0 Å².